The molecule has 0 spiro atoms. The summed E-state index contributed by atoms with van der Waals surface area (Å²) in [6.45, 7) is 3.93. The summed E-state index contributed by atoms with van der Waals surface area (Å²) in [5.74, 6) is -0.301. The molecule has 0 aromatic rings. The zero-order valence-electron chi connectivity index (χ0n) is 15.5. The molecule has 24 heavy (non-hydrogen) atoms. The van der Waals surface area contributed by atoms with Crippen LogP contribution in [-0.4, -0.2) is 23.9 Å². The first kappa shape index (κ1) is 24.9. The van der Waals surface area contributed by atoms with Crippen molar-refractivity contribution in [1.82, 2.24) is 0 Å². The predicted octanol–water partition coefficient (Wildman–Crippen LogP) is 6.07. The standard InChI is InChI=1S/C19H36I2O2Si/c1-2-18(22)23-17-15-13-11-9-7-5-3-4-6-8-10-12-14-16-19(20,21)24/h2H,1,3-17H2,24H3. The van der Waals surface area contributed by atoms with Crippen molar-refractivity contribution in [2.24, 2.45) is 0 Å². The molecule has 0 aliphatic rings. The zero-order chi connectivity index (χ0) is 18.1. The van der Waals surface area contributed by atoms with Crippen LogP contribution in [0.25, 0.3) is 0 Å². The number of ether oxygens (including phenoxy) is 1. The van der Waals surface area contributed by atoms with E-state index >= 15 is 0 Å². The molecule has 142 valence electrons. The first-order valence-electron chi connectivity index (χ1n) is 9.63. The van der Waals surface area contributed by atoms with Gasteiger partial charge in [0.1, 0.15) is 0 Å². The highest BCUT2D eigenvalue weighted by Gasteiger charge is 2.12. The molecule has 0 fully saturated rings. The van der Waals surface area contributed by atoms with Crippen molar-refractivity contribution in [3.05, 3.63) is 12.7 Å². The van der Waals surface area contributed by atoms with E-state index in [2.05, 4.69) is 51.8 Å². The van der Waals surface area contributed by atoms with Gasteiger partial charge in [-0.1, -0.05) is 129 Å². The second-order valence-electron chi connectivity index (χ2n) is 6.79. The van der Waals surface area contributed by atoms with Gasteiger partial charge in [-0.2, -0.15) is 0 Å². The summed E-state index contributed by atoms with van der Waals surface area (Å²) in [6, 6.07) is 0. The molecular weight excluding hydrogens is 542 g/mol. The number of esters is 1. The van der Waals surface area contributed by atoms with Gasteiger partial charge in [0.25, 0.3) is 0 Å². The van der Waals surface area contributed by atoms with Gasteiger partial charge in [0.05, 0.1) is 7.66 Å². The van der Waals surface area contributed by atoms with Crippen LogP contribution in [0.1, 0.15) is 89.9 Å². The Morgan fingerprint density at radius 3 is 1.58 bits per heavy atom. The third-order valence-corrected chi connectivity index (χ3v) is 5.75. The average Bonchev–Trinajstić information content (AvgIpc) is 2.53. The Kier molecular flexibility index (Phi) is 17.9. The smallest absolute Gasteiger partial charge is 0.330 e. The van der Waals surface area contributed by atoms with Crippen LogP contribution in [0, 0.1) is 0 Å². The third kappa shape index (κ3) is 20.9. The molecule has 0 saturated carbocycles. The average molecular weight is 578 g/mol. The Morgan fingerprint density at radius 1 is 0.833 bits per heavy atom. The summed E-state index contributed by atoms with van der Waals surface area (Å²) >= 11 is 5.21. The van der Waals surface area contributed by atoms with Gasteiger partial charge < -0.3 is 4.74 Å². The Labute approximate surface area is 180 Å². The van der Waals surface area contributed by atoms with Gasteiger partial charge in [0.15, 0.2) is 0 Å². The van der Waals surface area contributed by atoms with Crippen LogP contribution >= 0.6 is 45.2 Å². The second kappa shape index (κ2) is 17.3. The Hall–Kier alpha value is 0.887. The third-order valence-electron chi connectivity index (χ3n) is 4.17. The highest BCUT2D eigenvalue weighted by molar-refractivity contribution is 14.2. The molecule has 2 nitrogen and oxygen atoms in total. The van der Waals surface area contributed by atoms with E-state index in [1.54, 1.807) is 0 Å². The molecule has 0 radical (unpaired) electrons. The van der Waals surface area contributed by atoms with E-state index in [4.69, 9.17) is 4.74 Å². The van der Waals surface area contributed by atoms with Crippen molar-refractivity contribution in [2.75, 3.05) is 6.61 Å². The molecule has 0 rings (SSSR count). The van der Waals surface area contributed by atoms with Crippen molar-refractivity contribution in [1.29, 1.82) is 0 Å². The lowest BCUT2D eigenvalue weighted by atomic mass is 10.0. The lowest BCUT2D eigenvalue weighted by Gasteiger charge is -2.13. The maximum atomic E-state index is 10.8. The molecule has 0 heterocycles. The molecule has 0 aromatic heterocycles. The second-order valence-corrected chi connectivity index (χ2v) is 19.4. The fraction of sp³-hybridized carbons (Fsp3) is 0.842. The zero-order valence-corrected chi connectivity index (χ0v) is 21.8. The molecule has 0 atom stereocenters. The monoisotopic (exact) mass is 578 g/mol. The van der Waals surface area contributed by atoms with Crippen LogP contribution in [-0.2, 0) is 9.53 Å². The predicted molar refractivity (Wildman–Crippen MR) is 127 cm³/mol. The van der Waals surface area contributed by atoms with E-state index in [9.17, 15) is 4.79 Å². The quantitative estimate of drug-likeness (QED) is 0.0524. The van der Waals surface area contributed by atoms with E-state index in [0.29, 0.717) is 7.66 Å². The number of unbranched alkanes of at least 4 members (excludes halogenated alkanes) is 12. The Morgan fingerprint density at radius 2 is 1.21 bits per heavy atom. The lowest BCUT2D eigenvalue weighted by Crippen LogP contribution is -2.08. The van der Waals surface area contributed by atoms with E-state index in [0.717, 1.165) is 6.42 Å². The SMILES string of the molecule is C=CC(=O)OCCCCCCCCCCCCCCCC([SiH3])(I)I. The number of carbonyl (C=O) groups is 1. The molecule has 0 saturated heterocycles. The minimum Gasteiger partial charge on any atom is -0.463 e. The summed E-state index contributed by atoms with van der Waals surface area (Å²) in [4.78, 5) is 10.8. The van der Waals surface area contributed by atoms with E-state index in [1.807, 2.05) is 0 Å². The molecule has 0 bridgehead atoms. The summed E-state index contributed by atoms with van der Waals surface area (Å²) < 4.78 is 5.55. The van der Waals surface area contributed by atoms with Gasteiger partial charge in [0, 0.05) is 16.3 Å². The Balaban J connectivity index is 3.08. The van der Waals surface area contributed by atoms with Crippen LogP contribution in [0.2, 0.25) is 0 Å². The number of rotatable bonds is 17. The summed E-state index contributed by atoms with van der Waals surface area (Å²) in [5, 5.41) is 0. The van der Waals surface area contributed by atoms with Crippen LogP contribution in [0.4, 0.5) is 0 Å². The normalized spacial score (nSPS) is 11.6. The molecule has 0 unspecified atom stereocenters. The number of alkyl halides is 2. The Bertz CT molecular complexity index is 317. The molecule has 0 aromatic carbocycles. The molecule has 0 aliphatic carbocycles. The first-order valence-corrected chi connectivity index (χ1v) is 12.8. The largest absolute Gasteiger partial charge is 0.463 e. The summed E-state index contributed by atoms with van der Waals surface area (Å²) in [7, 11) is 1.30. The maximum Gasteiger partial charge on any atom is 0.330 e. The van der Waals surface area contributed by atoms with Crippen LogP contribution in [0.3, 0.4) is 0 Å². The fourth-order valence-electron chi connectivity index (χ4n) is 2.71. The van der Waals surface area contributed by atoms with Crippen molar-refractivity contribution < 1.29 is 9.53 Å². The van der Waals surface area contributed by atoms with Gasteiger partial charge in [-0.15, -0.1) is 0 Å². The molecular formula is C19H36I2O2Si. The van der Waals surface area contributed by atoms with Gasteiger partial charge >= 0.3 is 5.97 Å². The highest BCUT2D eigenvalue weighted by atomic mass is 127. The van der Waals surface area contributed by atoms with E-state index in [1.165, 1.54) is 99.8 Å². The lowest BCUT2D eigenvalue weighted by molar-refractivity contribution is -0.137. The van der Waals surface area contributed by atoms with Crippen LogP contribution in [0.15, 0.2) is 12.7 Å². The number of carbonyl (C=O) groups excluding carboxylic acids is 1. The van der Waals surface area contributed by atoms with Crippen molar-refractivity contribution >= 4 is 61.4 Å². The first-order chi connectivity index (χ1) is 11.5. The highest BCUT2D eigenvalue weighted by Crippen LogP contribution is 2.29. The van der Waals surface area contributed by atoms with Crippen molar-refractivity contribution in [2.45, 2.75) is 90.9 Å². The number of hydrogen-bond acceptors (Lipinski definition) is 2. The van der Waals surface area contributed by atoms with Gasteiger partial charge in [-0.05, 0) is 12.8 Å². The summed E-state index contributed by atoms with van der Waals surface area (Å²) in [6.07, 6.45) is 20.1. The van der Waals surface area contributed by atoms with Gasteiger partial charge in [-0.3, -0.25) is 0 Å². The van der Waals surface area contributed by atoms with Crippen molar-refractivity contribution in [3.8, 4) is 0 Å². The number of hydrogen-bond donors (Lipinski definition) is 0. The molecule has 0 amide bonds. The summed E-state index contributed by atoms with van der Waals surface area (Å²) in [5.41, 5.74) is 0. The molecule has 0 N–H and O–H groups in total. The van der Waals surface area contributed by atoms with Crippen LogP contribution in [0.5, 0.6) is 0 Å². The van der Waals surface area contributed by atoms with E-state index in [-0.39, 0.29) is 5.97 Å². The van der Waals surface area contributed by atoms with Gasteiger partial charge in [-0.25, -0.2) is 4.79 Å². The van der Waals surface area contributed by atoms with E-state index < -0.39 is 0 Å². The minimum absolute atomic E-state index is 0.301. The van der Waals surface area contributed by atoms with Crippen LogP contribution < -0.4 is 0 Å². The van der Waals surface area contributed by atoms with Crippen molar-refractivity contribution in [3.63, 3.8) is 0 Å². The topological polar surface area (TPSA) is 26.3 Å². The van der Waals surface area contributed by atoms with Gasteiger partial charge in [0.2, 0.25) is 0 Å². The fourth-order valence-corrected chi connectivity index (χ4v) is 3.83. The number of halogens is 2. The maximum absolute atomic E-state index is 10.8. The minimum atomic E-state index is -0.301. The molecule has 0 aliphatic heterocycles. The molecule has 5 heteroatoms.